The lowest BCUT2D eigenvalue weighted by Gasteiger charge is -2.26. The van der Waals surface area contributed by atoms with Gasteiger partial charge in [-0.2, -0.15) is 0 Å². The SMILES string of the molecule is Clc1cccc(NCc2cccc(-c3ncc(OCCN4CCOCC4)cn3)c2)c1. The minimum absolute atomic E-state index is 0.618. The van der Waals surface area contributed by atoms with Crippen LogP contribution in [-0.4, -0.2) is 54.3 Å². The number of benzene rings is 2. The average Bonchev–Trinajstić information content (AvgIpc) is 2.79. The van der Waals surface area contributed by atoms with Crippen molar-refractivity contribution in [2.24, 2.45) is 0 Å². The number of hydrogen-bond acceptors (Lipinski definition) is 6. The van der Waals surface area contributed by atoms with Gasteiger partial charge in [-0.05, 0) is 29.8 Å². The van der Waals surface area contributed by atoms with Crippen molar-refractivity contribution in [3.63, 3.8) is 0 Å². The number of ether oxygens (including phenoxy) is 2. The molecule has 0 aliphatic carbocycles. The molecular weight excluding hydrogens is 400 g/mol. The maximum atomic E-state index is 6.04. The number of morpholine rings is 1. The highest BCUT2D eigenvalue weighted by Gasteiger charge is 2.10. The van der Waals surface area contributed by atoms with Gasteiger partial charge in [0.15, 0.2) is 11.6 Å². The molecule has 0 atom stereocenters. The van der Waals surface area contributed by atoms with Gasteiger partial charge in [0.25, 0.3) is 0 Å². The number of hydrogen-bond donors (Lipinski definition) is 1. The van der Waals surface area contributed by atoms with Gasteiger partial charge in [-0.15, -0.1) is 0 Å². The van der Waals surface area contributed by atoms with Crippen molar-refractivity contribution in [3.05, 3.63) is 71.5 Å². The molecule has 0 unspecified atom stereocenters. The van der Waals surface area contributed by atoms with Gasteiger partial charge in [0.1, 0.15) is 6.61 Å². The van der Waals surface area contributed by atoms with E-state index >= 15 is 0 Å². The highest BCUT2D eigenvalue weighted by Crippen LogP contribution is 2.20. The summed E-state index contributed by atoms with van der Waals surface area (Å²) >= 11 is 6.04. The van der Waals surface area contributed by atoms with Gasteiger partial charge >= 0.3 is 0 Å². The first-order valence-electron chi connectivity index (χ1n) is 10.1. The van der Waals surface area contributed by atoms with Gasteiger partial charge in [-0.3, -0.25) is 4.90 Å². The number of aromatic nitrogens is 2. The third-order valence-corrected chi connectivity index (χ3v) is 5.15. The summed E-state index contributed by atoms with van der Waals surface area (Å²) in [5.74, 6) is 1.37. The number of nitrogens with one attached hydrogen (secondary N) is 1. The molecule has 0 bridgehead atoms. The lowest BCUT2D eigenvalue weighted by atomic mass is 10.1. The average molecular weight is 425 g/mol. The summed E-state index contributed by atoms with van der Waals surface area (Å²) in [7, 11) is 0. The molecule has 1 aliphatic heterocycles. The van der Waals surface area contributed by atoms with Gasteiger partial charge in [0.2, 0.25) is 0 Å². The van der Waals surface area contributed by atoms with Crippen LogP contribution in [0.2, 0.25) is 5.02 Å². The van der Waals surface area contributed by atoms with Crippen LogP contribution in [-0.2, 0) is 11.3 Å². The van der Waals surface area contributed by atoms with Crippen molar-refractivity contribution in [2.45, 2.75) is 6.54 Å². The molecule has 1 aromatic heterocycles. The lowest BCUT2D eigenvalue weighted by Crippen LogP contribution is -2.38. The standard InChI is InChI=1S/C23H25ClN4O2/c24-20-5-2-6-21(14-20)25-15-18-3-1-4-19(13-18)23-26-16-22(17-27-23)30-12-9-28-7-10-29-11-8-28/h1-6,13-14,16-17,25H,7-12,15H2. The van der Waals surface area contributed by atoms with E-state index in [4.69, 9.17) is 21.1 Å². The second-order valence-electron chi connectivity index (χ2n) is 7.11. The molecule has 7 heteroatoms. The van der Waals surface area contributed by atoms with Gasteiger partial charge in [-0.25, -0.2) is 9.97 Å². The maximum absolute atomic E-state index is 6.04. The predicted molar refractivity (Wildman–Crippen MR) is 119 cm³/mol. The number of anilines is 1. The molecule has 3 aromatic rings. The first-order chi connectivity index (χ1) is 14.8. The minimum Gasteiger partial charge on any atom is -0.489 e. The number of nitrogens with zero attached hydrogens (tertiary/aromatic N) is 3. The van der Waals surface area contributed by atoms with Crippen molar-refractivity contribution in [2.75, 3.05) is 44.8 Å². The van der Waals surface area contributed by atoms with E-state index in [1.165, 1.54) is 0 Å². The fraction of sp³-hybridized carbons (Fsp3) is 0.304. The zero-order valence-corrected chi connectivity index (χ0v) is 17.5. The molecule has 0 radical (unpaired) electrons. The summed E-state index contributed by atoms with van der Waals surface area (Å²) in [6.45, 7) is 5.71. The van der Waals surface area contributed by atoms with Crippen molar-refractivity contribution in [1.82, 2.24) is 14.9 Å². The van der Waals surface area contributed by atoms with Crippen LogP contribution in [0.4, 0.5) is 5.69 Å². The minimum atomic E-state index is 0.618. The Bertz CT molecular complexity index is 946. The molecule has 2 aromatic carbocycles. The summed E-state index contributed by atoms with van der Waals surface area (Å²) in [5.41, 5.74) is 3.10. The third-order valence-electron chi connectivity index (χ3n) is 4.91. The Balaban J connectivity index is 1.31. The van der Waals surface area contributed by atoms with Crippen LogP contribution in [0.1, 0.15) is 5.56 Å². The molecule has 1 fully saturated rings. The Labute approximate surface area is 181 Å². The van der Waals surface area contributed by atoms with Gasteiger partial charge < -0.3 is 14.8 Å². The van der Waals surface area contributed by atoms with Crippen molar-refractivity contribution in [3.8, 4) is 17.1 Å². The van der Waals surface area contributed by atoms with Crippen LogP contribution in [0, 0.1) is 0 Å². The Kier molecular flexibility index (Phi) is 7.13. The molecule has 1 N–H and O–H groups in total. The van der Waals surface area contributed by atoms with Crippen molar-refractivity contribution < 1.29 is 9.47 Å². The van der Waals surface area contributed by atoms with E-state index in [0.717, 1.165) is 54.7 Å². The summed E-state index contributed by atoms with van der Waals surface area (Å²) in [5, 5.41) is 4.10. The summed E-state index contributed by atoms with van der Waals surface area (Å²) < 4.78 is 11.2. The number of halogens is 1. The first kappa shape index (κ1) is 20.6. The molecule has 4 rings (SSSR count). The van der Waals surface area contributed by atoms with Gasteiger partial charge in [0, 0.05) is 42.5 Å². The molecule has 1 aliphatic rings. The Hall–Kier alpha value is -2.67. The molecule has 0 spiro atoms. The molecule has 30 heavy (non-hydrogen) atoms. The van der Waals surface area contributed by atoms with E-state index < -0.39 is 0 Å². The van der Waals surface area contributed by atoms with Crippen molar-refractivity contribution in [1.29, 1.82) is 0 Å². The van der Waals surface area contributed by atoms with Gasteiger partial charge in [-0.1, -0.05) is 35.9 Å². The predicted octanol–water partition coefficient (Wildman–Crippen LogP) is 4.12. The highest BCUT2D eigenvalue weighted by atomic mass is 35.5. The molecule has 6 nitrogen and oxygen atoms in total. The van der Waals surface area contributed by atoms with E-state index in [9.17, 15) is 0 Å². The van der Waals surface area contributed by atoms with Crippen LogP contribution in [0.25, 0.3) is 11.4 Å². The quantitative estimate of drug-likeness (QED) is 0.587. The maximum Gasteiger partial charge on any atom is 0.159 e. The second-order valence-corrected chi connectivity index (χ2v) is 7.55. The highest BCUT2D eigenvalue weighted by molar-refractivity contribution is 6.30. The van der Waals surface area contributed by atoms with Crippen LogP contribution >= 0.6 is 11.6 Å². The van der Waals surface area contributed by atoms with Crippen LogP contribution < -0.4 is 10.1 Å². The smallest absolute Gasteiger partial charge is 0.159 e. The molecule has 1 saturated heterocycles. The molecule has 0 saturated carbocycles. The molecule has 2 heterocycles. The summed E-state index contributed by atoms with van der Waals surface area (Å²) in [6, 6.07) is 15.9. The normalized spacial score (nSPS) is 14.4. The largest absolute Gasteiger partial charge is 0.489 e. The van der Waals surface area contributed by atoms with Gasteiger partial charge in [0.05, 0.1) is 25.6 Å². The monoisotopic (exact) mass is 424 g/mol. The summed E-state index contributed by atoms with van der Waals surface area (Å²) in [4.78, 5) is 11.3. The third kappa shape index (κ3) is 5.92. The fourth-order valence-corrected chi connectivity index (χ4v) is 3.47. The summed E-state index contributed by atoms with van der Waals surface area (Å²) in [6.07, 6.45) is 3.47. The van der Waals surface area contributed by atoms with E-state index in [-0.39, 0.29) is 0 Å². The van der Waals surface area contributed by atoms with E-state index in [1.54, 1.807) is 12.4 Å². The van der Waals surface area contributed by atoms with Crippen LogP contribution in [0.3, 0.4) is 0 Å². The van der Waals surface area contributed by atoms with Crippen LogP contribution in [0.15, 0.2) is 60.9 Å². The van der Waals surface area contributed by atoms with E-state index in [2.05, 4.69) is 32.3 Å². The van der Waals surface area contributed by atoms with E-state index in [0.29, 0.717) is 24.7 Å². The zero-order valence-electron chi connectivity index (χ0n) is 16.8. The fourth-order valence-electron chi connectivity index (χ4n) is 3.28. The zero-order chi connectivity index (χ0) is 20.6. The number of rotatable bonds is 8. The molecule has 0 amide bonds. The van der Waals surface area contributed by atoms with Crippen LogP contribution in [0.5, 0.6) is 5.75 Å². The topological polar surface area (TPSA) is 59.5 Å². The van der Waals surface area contributed by atoms with E-state index in [1.807, 2.05) is 36.4 Å². The van der Waals surface area contributed by atoms with Crippen molar-refractivity contribution >= 4 is 17.3 Å². The Morgan fingerprint density at radius 2 is 1.83 bits per heavy atom. The first-order valence-corrected chi connectivity index (χ1v) is 10.5. The Morgan fingerprint density at radius 3 is 2.63 bits per heavy atom. The second kappa shape index (κ2) is 10.4. The lowest BCUT2D eigenvalue weighted by molar-refractivity contribution is 0.0322. The Morgan fingerprint density at radius 1 is 1.03 bits per heavy atom. The molecule has 156 valence electrons. The molecular formula is C23H25ClN4O2.